The molecule has 4 unspecified atom stereocenters. The van der Waals surface area contributed by atoms with Crippen LogP contribution in [-0.2, 0) is 4.79 Å². The Morgan fingerprint density at radius 1 is 1.14 bits per heavy atom. The van der Waals surface area contributed by atoms with Crippen molar-refractivity contribution in [3.05, 3.63) is 0 Å². The molecule has 130 valence electrons. The Bertz CT molecular complexity index is 314. The van der Waals surface area contributed by atoms with Crippen LogP contribution < -0.4 is 5.32 Å². The maximum atomic E-state index is 11.0. The summed E-state index contributed by atoms with van der Waals surface area (Å²) in [5.41, 5.74) is 0. The van der Waals surface area contributed by atoms with E-state index in [2.05, 4.69) is 5.32 Å². The maximum absolute atomic E-state index is 11.0. The minimum atomic E-state index is -1.45. The zero-order chi connectivity index (χ0) is 16.5. The third-order valence-electron chi connectivity index (χ3n) is 4.14. The Hall–Kier alpha value is -0.730. The van der Waals surface area contributed by atoms with Crippen LogP contribution in [0.5, 0.6) is 0 Å². The number of carboxylic acid groups (broad SMARTS) is 1. The number of piperidine rings is 2. The van der Waals surface area contributed by atoms with E-state index in [1.807, 2.05) is 6.92 Å². The molecule has 7 nitrogen and oxygen atoms in total. The first-order valence-electron chi connectivity index (χ1n) is 8.20. The van der Waals surface area contributed by atoms with E-state index in [1.165, 1.54) is 37.3 Å². The molecule has 2 saturated heterocycles. The van der Waals surface area contributed by atoms with Gasteiger partial charge in [0.05, 0.1) is 6.10 Å². The largest absolute Gasteiger partial charge is 0.480 e. The number of nitrogens with zero attached hydrogens (tertiary/aromatic N) is 1. The molecule has 0 aromatic heterocycles. The molecule has 0 bridgehead atoms. The monoisotopic (exact) mass is 318 g/mol. The van der Waals surface area contributed by atoms with Crippen LogP contribution in [0.2, 0.25) is 0 Å². The van der Waals surface area contributed by atoms with Crippen molar-refractivity contribution in [3.8, 4) is 0 Å². The normalized spacial score (nSPS) is 32.9. The van der Waals surface area contributed by atoms with Crippen LogP contribution in [0, 0.1) is 0 Å². The zero-order valence-corrected chi connectivity index (χ0v) is 13.3. The number of hydrogen-bond acceptors (Lipinski definition) is 6. The summed E-state index contributed by atoms with van der Waals surface area (Å²) < 4.78 is 0. The fourth-order valence-corrected chi connectivity index (χ4v) is 2.79. The Kier molecular flexibility index (Phi) is 8.89. The molecule has 5 N–H and O–H groups in total. The third-order valence-corrected chi connectivity index (χ3v) is 4.14. The molecule has 0 aliphatic carbocycles. The number of nitrogens with one attached hydrogen (secondary N) is 1. The average Bonchev–Trinajstić information content (AvgIpc) is 2.52. The highest BCUT2D eigenvalue weighted by atomic mass is 16.4. The van der Waals surface area contributed by atoms with Gasteiger partial charge >= 0.3 is 5.97 Å². The molecule has 0 aromatic rings. The summed E-state index contributed by atoms with van der Waals surface area (Å²) in [7, 11) is 0. The molecule has 2 aliphatic rings. The van der Waals surface area contributed by atoms with Crippen LogP contribution >= 0.6 is 0 Å². The molecule has 2 heterocycles. The molecule has 7 heteroatoms. The smallest absolute Gasteiger partial charge is 0.323 e. The van der Waals surface area contributed by atoms with Crippen LogP contribution in [0.15, 0.2) is 0 Å². The number of rotatable bonds is 4. The van der Waals surface area contributed by atoms with Crippen molar-refractivity contribution >= 4 is 5.97 Å². The first-order chi connectivity index (χ1) is 10.5. The summed E-state index contributed by atoms with van der Waals surface area (Å²) in [6.07, 6.45) is 1.98. The van der Waals surface area contributed by atoms with Crippen molar-refractivity contribution in [1.82, 2.24) is 10.2 Å². The van der Waals surface area contributed by atoms with Crippen LogP contribution in [0.3, 0.4) is 0 Å². The van der Waals surface area contributed by atoms with E-state index in [0.29, 0.717) is 6.54 Å². The molecule has 4 atom stereocenters. The number of likely N-dealkylation sites (tertiary alicyclic amines) is 1. The molecule has 0 radical (unpaired) electrons. The lowest BCUT2D eigenvalue weighted by molar-refractivity contribution is -0.170. The molecule has 2 aliphatic heterocycles. The second-order valence-corrected chi connectivity index (χ2v) is 5.99. The molecule has 2 fully saturated rings. The van der Waals surface area contributed by atoms with Crippen molar-refractivity contribution in [2.45, 2.75) is 63.4 Å². The van der Waals surface area contributed by atoms with Gasteiger partial charge in [0.15, 0.2) is 0 Å². The Morgan fingerprint density at radius 2 is 1.77 bits per heavy atom. The van der Waals surface area contributed by atoms with Gasteiger partial charge in [-0.05, 0) is 38.9 Å². The minimum Gasteiger partial charge on any atom is -0.480 e. The molecule has 22 heavy (non-hydrogen) atoms. The molecule has 0 saturated carbocycles. The molecular weight excluding hydrogens is 288 g/mol. The summed E-state index contributed by atoms with van der Waals surface area (Å²) in [6.45, 7) is 5.05. The number of carbonyl (C=O) groups is 1. The first kappa shape index (κ1) is 19.3. The van der Waals surface area contributed by atoms with Gasteiger partial charge in [0.25, 0.3) is 0 Å². The van der Waals surface area contributed by atoms with E-state index < -0.39 is 30.3 Å². The number of aliphatic carboxylic acids is 1. The number of aliphatic hydroxyl groups is 3. The number of aliphatic hydroxyl groups excluding tert-OH is 3. The molecule has 0 amide bonds. The Labute approximate surface area is 131 Å². The number of β-amino-alcohol motifs (C(OH)–C–C–N with tert-alkyl or cyclic N) is 1. The minimum absolute atomic E-state index is 0.0786. The second kappa shape index (κ2) is 10.1. The van der Waals surface area contributed by atoms with Crippen LogP contribution in [0.25, 0.3) is 0 Å². The summed E-state index contributed by atoms with van der Waals surface area (Å²) in [5.74, 6) is -1.17. The Morgan fingerprint density at radius 3 is 2.18 bits per heavy atom. The van der Waals surface area contributed by atoms with Crippen molar-refractivity contribution < 1.29 is 25.2 Å². The van der Waals surface area contributed by atoms with Gasteiger partial charge in [0.2, 0.25) is 0 Å². The van der Waals surface area contributed by atoms with Gasteiger partial charge in [-0.3, -0.25) is 9.69 Å². The quantitative estimate of drug-likeness (QED) is 0.470. The number of unbranched alkanes of at least 4 members (excludes halogenated alkanes) is 1. The highest BCUT2D eigenvalue weighted by Crippen LogP contribution is 2.19. The van der Waals surface area contributed by atoms with Gasteiger partial charge in [-0.25, -0.2) is 0 Å². The highest BCUT2D eigenvalue weighted by molar-refractivity contribution is 5.74. The second-order valence-electron chi connectivity index (χ2n) is 5.99. The maximum Gasteiger partial charge on any atom is 0.323 e. The average molecular weight is 318 g/mol. The molecule has 2 rings (SSSR count). The van der Waals surface area contributed by atoms with E-state index in [0.717, 1.165) is 12.8 Å². The topological polar surface area (TPSA) is 113 Å². The predicted molar refractivity (Wildman–Crippen MR) is 82.6 cm³/mol. The van der Waals surface area contributed by atoms with Gasteiger partial charge in [-0.1, -0.05) is 19.8 Å². The molecular formula is C15H30N2O5. The van der Waals surface area contributed by atoms with Gasteiger partial charge in [0.1, 0.15) is 18.2 Å². The lowest BCUT2D eigenvalue weighted by atomic mass is 9.93. The predicted octanol–water partition coefficient (Wildman–Crippen LogP) is -0.602. The fourth-order valence-electron chi connectivity index (χ4n) is 2.79. The van der Waals surface area contributed by atoms with Gasteiger partial charge in [0, 0.05) is 6.54 Å². The summed E-state index contributed by atoms with van der Waals surface area (Å²) >= 11 is 0. The van der Waals surface area contributed by atoms with Crippen molar-refractivity contribution in [3.63, 3.8) is 0 Å². The highest BCUT2D eigenvalue weighted by Gasteiger charge is 2.44. The van der Waals surface area contributed by atoms with Crippen molar-refractivity contribution in [2.24, 2.45) is 0 Å². The van der Waals surface area contributed by atoms with Crippen LogP contribution in [0.1, 0.15) is 39.0 Å². The fraction of sp³-hybridized carbons (Fsp3) is 0.933. The lowest BCUT2D eigenvalue weighted by Gasteiger charge is -2.41. The van der Waals surface area contributed by atoms with E-state index >= 15 is 0 Å². The number of hydrogen-bond donors (Lipinski definition) is 5. The lowest BCUT2D eigenvalue weighted by Crippen LogP contribution is -2.63. The van der Waals surface area contributed by atoms with Crippen molar-refractivity contribution in [1.29, 1.82) is 0 Å². The summed E-state index contributed by atoms with van der Waals surface area (Å²) in [4.78, 5) is 12.5. The third kappa shape index (κ3) is 5.81. The Balaban J connectivity index is 0.000000335. The summed E-state index contributed by atoms with van der Waals surface area (Å²) in [6, 6.07) is -1.13. The zero-order valence-electron chi connectivity index (χ0n) is 13.3. The molecule has 0 aromatic carbocycles. The molecule has 0 spiro atoms. The van der Waals surface area contributed by atoms with E-state index in [4.69, 9.17) is 5.11 Å². The van der Waals surface area contributed by atoms with E-state index in [1.54, 1.807) is 0 Å². The van der Waals surface area contributed by atoms with Gasteiger partial charge < -0.3 is 25.7 Å². The SMILES string of the molecule is C1CCNCC1.CCCCN1CC(O)C(O)C(O)C1C(=O)O. The van der Waals surface area contributed by atoms with Gasteiger partial charge in [-0.2, -0.15) is 0 Å². The van der Waals surface area contributed by atoms with Crippen LogP contribution in [-0.4, -0.2) is 81.8 Å². The standard InChI is InChI=1S/C10H19NO5.C5H11N/c1-2-3-4-11-5-6(12)8(13)9(14)7(11)10(15)16;1-2-4-6-5-3-1/h6-9,12-14H,2-5H2,1H3,(H,15,16);6H,1-5H2. The van der Waals surface area contributed by atoms with Crippen molar-refractivity contribution in [2.75, 3.05) is 26.2 Å². The van der Waals surface area contributed by atoms with E-state index in [9.17, 15) is 20.1 Å². The number of carboxylic acids is 1. The first-order valence-corrected chi connectivity index (χ1v) is 8.20. The van der Waals surface area contributed by atoms with Crippen LogP contribution in [0.4, 0.5) is 0 Å². The van der Waals surface area contributed by atoms with E-state index in [-0.39, 0.29) is 6.54 Å². The summed E-state index contributed by atoms with van der Waals surface area (Å²) in [5, 5.41) is 40.8. The van der Waals surface area contributed by atoms with Gasteiger partial charge in [-0.15, -0.1) is 0 Å².